The number of ether oxygens (including phenoxy) is 1. The second-order valence-corrected chi connectivity index (χ2v) is 5.14. The third kappa shape index (κ3) is 5.04. The van der Waals surface area contributed by atoms with Crippen molar-refractivity contribution in [2.24, 2.45) is 0 Å². The zero-order chi connectivity index (χ0) is 16.1. The molecule has 1 heterocycles. The number of amides is 1. The summed E-state index contributed by atoms with van der Waals surface area (Å²) in [5.41, 5.74) is -0.620. The Morgan fingerprint density at radius 2 is 2.13 bits per heavy atom. The first-order valence-electron chi connectivity index (χ1n) is 7.02. The number of benzene rings is 1. The van der Waals surface area contributed by atoms with Crippen molar-refractivity contribution in [1.82, 2.24) is 10.2 Å². The van der Waals surface area contributed by atoms with Crippen molar-refractivity contribution in [1.29, 1.82) is 0 Å². The van der Waals surface area contributed by atoms with Crippen molar-refractivity contribution < 1.29 is 18.8 Å². The quantitative estimate of drug-likeness (QED) is 0.648. The number of rotatable bonds is 5. The van der Waals surface area contributed by atoms with E-state index >= 15 is 0 Å². The molecule has 1 aliphatic heterocycles. The minimum atomic E-state index is -0.985. The second kappa shape index (κ2) is 8.64. The Morgan fingerprint density at radius 1 is 1.48 bits per heavy atom. The predicted molar refractivity (Wildman–Crippen MR) is 84.5 cm³/mol. The normalized spacial score (nSPS) is 14.7. The van der Waals surface area contributed by atoms with E-state index in [-0.39, 0.29) is 36.7 Å². The first-order chi connectivity index (χ1) is 10.5. The average molecular weight is 348 g/mol. The Hall–Kier alpha value is -1.93. The van der Waals surface area contributed by atoms with E-state index < -0.39 is 16.4 Å². The molecule has 1 aromatic carbocycles. The summed E-state index contributed by atoms with van der Waals surface area (Å²) in [5, 5.41) is 13.7. The fourth-order valence-electron chi connectivity index (χ4n) is 2.37. The van der Waals surface area contributed by atoms with Gasteiger partial charge in [-0.25, -0.2) is 0 Å². The van der Waals surface area contributed by atoms with Gasteiger partial charge in [-0.15, -0.1) is 12.4 Å². The molecule has 0 spiro atoms. The number of carbonyl (C=O) groups is 1. The lowest BCUT2D eigenvalue weighted by Crippen LogP contribution is -2.45. The van der Waals surface area contributed by atoms with Crippen LogP contribution >= 0.6 is 12.4 Å². The largest absolute Gasteiger partial charge is 0.484 e. The van der Waals surface area contributed by atoms with Crippen LogP contribution < -0.4 is 10.1 Å². The third-order valence-electron chi connectivity index (χ3n) is 3.73. The molecule has 0 aliphatic carbocycles. The molecule has 0 atom stereocenters. The van der Waals surface area contributed by atoms with E-state index in [9.17, 15) is 19.3 Å². The summed E-state index contributed by atoms with van der Waals surface area (Å²) in [7, 11) is 1.72. The lowest BCUT2D eigenvalue weighted by atomic mass is 10.1. The van der Waals surface area contributed by atoms with Crippen molar-refractivity contribution in [3.05, 3.63) is 34.1 Å². The molecule has 0 radical (unpaired) electrons. The van der Waals surface area contributed by atoms with Crippen LogP contribution in [-0.2, 0) is 4.79 Å². The third-order valence-corrected chi connectivity index (χ3v) is 3.73. The van der Waals surface area contributed by atoms with Gasteiger partial charge in [0, 0.05) is 25.2 Å². The van der Waals surface area contributed by atoms with Crippen molar-refractivity contribution in [2.75, 3.05) is 26.7 Å². The Balaban J connectivity index is 0.00000264. The van der Waals surface area contributed by atoms with Gasteiger partial charge in [-0.3, -0.25) is 14.9 Å². The number of hydrogen-bond donors (Lipinski definition) is 1. The Labute approximate surface area is 139 Å². The molecule has 0 aromatic heterocycles. The van der Waals surface area contributed by atoms with E-state index in [1.165, 1.54) is 6.07 Å². The SMILES string of the molecule is CN(C(=O)COc1ccc([N+](=O)[O-])c(F)c1)C1CCNCC1.Cl. The number of nitro groups is 1. The minimum Gasteiger partial charge on any atom is -0.484 e. The molecule has 0 unspecified atom stereocenters. The molecule has 1 aromatic rings. The maximum absolute atomic E-state index is 13.5. The van der Waals surface area contributed by atoms with Crippen LogP contribution in [0.2, 0.25) is 0 Å². The molecule has 1 N–H and O–H groups in total. The first-order valence-corrected chi connectivity index (χ1v) is 7.02. The molecular weight excluding hydrogens is 329 g/mol. The number of likely N-dealkylation sites (N-methyl/N-ethyl adjacent to an activating group) is 1. The van der Waals surface area contributed by atoms with Crippen LogP contribution in [0.5, 0.6) is 5.75 Å². The molecule has 1 fully saturated rings. The summed E-state index contributed by atoms with van der Waals surface area (Å²) in [6.07, 6.45) is 1.77. The van der Waals surface area contributed by atoms with Gasteiger partial charge >= 0.3 is 5.69 Å². The maximum atomic E-state index is 13.5. The van der Waals surface area contributed by atoms with Crippen LogP contribution in [0, 0.1) is 15.9 Å². The Bertz CT molecular complexity index is 567. The van der Waals surface area contributed by atoms with Crippen LogP contribution in [0.15, 0.2) is 18.2 Å². The standard InChI is InChI=1S/C14H18FN3O4.ClH/c1-17(10-4-6-16-7-5-10)14(19)9-22-11-2-3-13(18(20)21)12(15)8-11;/h2-3,8,10,16H,4-7,9H2,1H3;1H. The minimum absolute atomic E-state index is 0. The highest BCUT2D eigenvalue weighted by molar-refractivity contribution is 5.85. The van der Waals surface area contributed by atoms with Crippen LogP contribution in [-0.4, -0.2) is 48.5 Å². The van der Waals surface area contributed by atoms with E-state index in [1.54, 1.807) is 11.9 Å². The van der Waals surface area contributed by atoms with Crippen LogP contribution in [0.25, 0.3) is 0 Å². The van der Waals surface area contributed by atoms with Gasteiger partial charge in [0.15, 0.2) is 6.61 Å². The number of hydrogen-bond acceptors (Lipinski definition) is 5. The van der Waals surface area contributed by atoms with Gasteiger partial charge in [0.1, 0.15) is 5.75 Å². The van der Waals surface area contributed by atoms with Crippen molar-refractivity contribution in [3.63, 3.8) is 0 Å². The number of nitrogens with zero attached hydrogens (tertiary/aromatic N) is 2. The fraction of sp³-hybridized carbons (Fsp3) is 0.500. The molecule has 2 rings (SSSR count). The van der Waals surface area contributed by atoms with E-state index in [1.807, 2.05) is 0 Å². The summed E-state index contributed by atoms with van der Waals surface area (Å²) in [6.45, 7) is 1.52. The monoisotopic (exact) mass is 347 g/mol. The maximum Gasteiger partial charge on any atom is 0.305 e. The molecule has 1 amide bonds. The van der Waals surface area contributed by atoms with Crippen molar-refractivity contribution in [2.45, 2.75) is 18.9 Å². The zero-order valence-electron chi connectivity index (χ0n) is 12.7. The smallest absolute Gasteiger partial charge is 0.305 e. The fourth-order valence-corrected chi connectivity index (χ4v) is 2.37. The van der Waals surface area contributed by atoms with Crippen molar-refractivity contribution in [3.8, 4) is 5.75 Å². The molecule has 23 heavy (non-hydrogen) atoms. The molecule has 1 aliphatic rings. The number of nitrogens with one attached hydrogen (secondary N) is 1. The molecule has 9 heteroatoms. The number of carbonyl (C=O) groups excluding carboxylic acids is 1. The lowest BCUT2D eigenvalue weighted by molar-refractivity contribution is -0.387. The van der Waals surface area contributed by atoms with Crippen LogP contribution in [0.1, 0.15) is 12.8 Å². The predicted octanol–water partition coefficient (Wildman–Crippen LogP) is 1.74. The second-order valence-electron chi connectivity index (χ2n) is 5.14. The highest BCUT2D eigenvalue weighted by atomic mass is 35.5. The molecular formula is C14H19ClFN3O4. The number of nitro benzene ring substituents is 1. The summed E-state index contributed by atoms with van der Waals surface area (Å²) in [6, 6.07) is 3.38. The summed E-state index contributed by atoms with van der Waals surface area (Å²) in [5.74, 6) is -1.09. The van der Waals surface area contributed by atoms with Gasteiger partial charge in [-0.1, -0.05) is 0 Å². The van der Waals surface area contributed by atoms with Crippen molar-refractivity contribution >= 4 is 24.0 Å². The highest BCUT2D eigenvalue weighted by Gasteiger charge is 2.22. The molecule has 128 valence electrons. The molecule has 0 saturated carbocycles. The average Bonchev–Trinajstić information content (AvgIpc) is 2.52. The van der Waals surface area contributed by atoms with Gasteiger partial charge in [0.25, 0.3) is 5.91 Å². The van der Waals surface area contributed by atoms with Gasteiger partial charge in [-0.2, -0.15) is 4.39 Å². The zero-order valence-corrected chi connectivity index (χ0v) is 13.5. The topological polar surface area (TPSA) is 84.7 Å². The van der Waals surface area contributed by atoms with E-state index in [0.29, 0.717) is 0 Å². The first kappa shape index (κ1) is 19.1. The van der Waals surface area contributed by atoms with E-state index in [2.05, 4.69) is 5.32 Å². The number of piperidine rings is 1. The van der Waals surface area contributed by atoms with Gasteiger partial charge in [-0.05, 0) is 32.0 Å². The Morgan fingerprint density at radius 3 is 2.70 bits per heavy atom. The van der Waals surface area contributed by atoms with E-state index in [4.69, 9.17) is 4.74 Å². The number of halogens is 2. The summed E-state index contributed by atoms with van der Waals surface area (Å²) >= 11 is 0. The van der Waals surface area contributed by atoms with Crippen LogP contribution in [0.4, 0.5) is 10.1 Å². The van der Waals surface area contributed by atoms with Gasteiger partial charge in [0.2, 0.25) is 5.82 Å². The summed E-state index contributed by atoms with van der Waals surface area (Å²) < 4.78 is 18.7. The van der Waals surface area contributed by atoms with Gasteiger partial charge < -0.3 is 15.0 Å². The summed E-state index contributed by atoms with van der Waals surface area (Å²) in [4.78, 5) is 23.4. The van der Waals surface area contributed by atoms with Crippen LogP contribution in [0.3, 0.4) is 0 Å². The molecule has 7 nitrogen and oxygen atoms in total. The Kier molecular flexibility index (Phi) is 7.18. The lowest BCUT2D eigenvalue weighted by Gasteiger charge is -2.31. The molecule has 0 bridgehead atoms. The van der Waals surface area contributed by atoms with Gasteiger partial charge in [0.05, 0.1) is 4.92 Å². The molecule has 1 saturated heterocycles. The van der Waals surface area contributed by atoms with E-state index in [0.717, 1.165) is 38.1 Å². The highest BCUT2D eigenvalue weighted by Crippen LogP contribution is 2.22.